The number of hydrogen-bond acceptors (Lipinski definition) is 6. The Morgan fingerprint density at radius 1 is 1.27 bits per heavy atom. The second kappa shape index (κ2) is 9.60. The highest BCUT2D eigenvalue weighted by Crippen LogP contribution is 2.24. The third kappa shape index (κ3) is 5.75. The fourth-order valence-corrected chi connectivity index (χ4v) is 4.28. The smallest absolute Gasteiger partial charge is 0.322 e. The summed E-state index contributed by atoms with van der Waals surface area (Å²) < 4.78 is 27.0. The van der Waals surface area contributed by atoms with Crippen molar-refractivity contribution in [1.29, 1.82) is 0 Å². The van der Waals surface area contributed by atoms with Crippen molar-refractivity contribution in [3.8, 4) is 0 Å². The van der Waals surface area contributed by atoms with E-state index in [0.29, 0.717) is 19.4 Å². The molecule has 0 unspecified atom stereocenters. The number of carboxylic acid groups (broad SMARTS) is 1. The third-order valence-corrected chi connectivity index (χ3v) is 5.65. The molecule has 0 aliphatic carbocycles. The van der Waals surface area contributed by atoms with Gasteiger partial charge in [0.15, 0.2) is 0 Å². The van der Waals surface area contributed by atoms with Gasteiger partial charge in [-0.25, -0.2) is 8.42 Å². The zero-order chi connectivity index (χ0) is 19.9. The predicted molar refractivity (Wildman–Crippen MR) is 96.2 cm³/mol. The maximum Gasteiger partial charge on any atom is 0.322 e. The van der Waals surface area contributed by atoms with Crippen LogP contribution in [0.2, 0.25) is 0 Å². The van der Waals surface area contributed by atoms with E-state index in [1.165, 1.54) is 0 Å². The van der Waals surface area contributed by atoms with Crippen LogP contribution in [0.3, 0.4) is 0 Å². The lowest BCUT2D eigenvalue weighted by atomic mass is 10.1. The minimum absolute atomic E-state index is 0.0267. The Labute approximate surface area is 153 Å². The number of nitrogens with two attached hydrogens (primary N) is 1. The Kier molecular flexibility index (Phi) is 8.12. The summed E-state index contributed by atoms with van der Waals surface area (Å²) in [5.41, 5.74) is 5.19. The summed E-state index contributed by atoms with van der Waals surface area (Å²) in [7, 11) is -4.12. The molecule has 0 fully saturated rings. The second-order valence-corrected chi connectivity index (χ2v) is 8.25. The van der Waals surface area contributed by atoms with Gasteiger partial charge < -0.3 is 10.8 Å². The highest BCUT2D eigenvalue weighted by molar-refractivity contribution is 7.89. The molecule has 3 N–H and O–H groups in total. The van der Waals surface area contributed by atoms with Gasteiger partial charge >= 0.3 is 5.97 Å². The molecule has 0 aliphatic rings. The predicted octanol–water partition coefficient (Wildman–Crippen LogP) is 1.82. The first-order valence-electron chi connectivity index (χ1n) is 8.30. The summed E-state index contributed by atoms with van der Waals surface area (Å²) in [4.78, 5) is 21.7. The lowest BCUT2D eigenvalue weighted by Crippen LogP contribution is -2.46. The van der Waals surface area contributed by atoms with Crippen LogP contribution in [0, 0.1) is 16.0 Å². The van der Waals surface area contributed by atoms with Gasteiger partial charge in [0.2, 0.25) is 10.0 Å². The van der Waals surface area contributed by atoms with Crippen LogP contribution in [-0.4, -0.2) is 47.9 Å². The van der Waals surface area contributed by atoms with Gasteiger partial charge in [-0.05, 0) is 43.9 Å². The maximum absolute atomic E-state index is 13.0. The molecule has 0 saturated heterocycles. The average Bonchev–Trinajstić information content (AvgIpc) is 2.56. The van der Waals surface area contributed by atoms with Crippen LogP contribution in [0.5, 0.6) is 0 Å². The molecule has 1 aromatic carbocycles. The molecular weight excluding hydrogens is 362 g/mol. The number of non-ortho nitro benzene ring substituents is 1. The number of aliphatic carboxylic acids is 1. The molecule has 26 heavy (non-hydrogen) atoms. The Hall–Kier alpha value is -2.04. The molecule has 0 aromatic heterocycles. The van der Waals surface area contributed by atoms with Crippen LogP contribution in [0.4, 0.5) is 5.69 Å². The lowest BCUT2D eigenvalue weighted by molar-refractivity contribution is -0.384. The van der Waals surface area contributed by atoms with Crippen molar-refractivity contribution in [1.82, 2.24) is 4.31 Å². The standard InChI is InChI=1S/C16H25N3O6S/c1-12(2)11-18(15(16(20)21)5-3-4-10-17)26(24,25)14-8-6-13(7-9-14)19(22)23/h6-9,12,15H,3-5,10-11,17H2,1-2H3,(H,20,21)/t15-/m1/s1. The normalized spacial score (nSPS) is 13.1. The van der Waals surface area contributed by atoms with Gasteiger partial charge in [0, 0.05) is 18.7 Å². The monoisotopic (exact) mass is 387 g/mol. The first-order chi connectivity index (χ1) is 12.1. The molecule has 1 atom stereocenters. The number of carboxylic acids is 1. The molecular formula is C16H25N3O6S. The number of sulfonamides is 1. The van der Waals surface area contributed by atoms with Crippen molar-refractivity contribution < 1.29 is 23.2 Å². The van der Waals surface area contributed by atoms with Gasteiger partial charge in [-0.15, -0.1) is 0 Å². The SMILES string of the molecule is CC(C)CN([C@H](CCCCN)C(=O)O)S(=O)(=O)c1ccc([N+](=O)[O-])cc1. The molecule has 146 valence electrons. The highest BCUT2D eigenvalue weighted by Gasteiger charge is 2.36. The van der Waals surface area contributed by atoms with Gasteiger partial charge in [-0.2, -0.15) is 4.31 Å². The minimum atomic E-state index is -4.12. The average molecular weight is 387 g/mol. The fraction of sp³-hybridized carbons (Fsp3) is 0.562. The molecule has 0 saturated carbocycles. The molecule has 0 aliphatic heterocycles. The summed E-state index contributed by atoms with van der Waals surface area (Å²) >= 11 is 0. The summed E-state index contributed by atoms with van der Waals surface area (Å²) in [5, 5.41) is 20.3. The third-order valence-electron chi connectivity index (χ3n) is 3.76. The van der Waals surface area contributed by atoms with Gasteiger partial charge in [0.25, 0.3) is 5.69 Å². The molecule has 0 radical (unpaired) electrons. The zero-order valence-corrected chi connectivity index (χ0v) is 15.7. The van der Waals surface area contributed by atoms with Crippen molar-refractivity contribution >= 4 is 21.7 Å². The van der Waals surface area contributed by atoms with E-state index in [1.54, 1.807) is 13.8 Å². The summed E-state index contributed by atoms with van der Waals surface area (Å²) in [6.45, 7) is 4.00. The topological polar surface area (TPSA) is 144 Å². The van der Waals surface area contributed by atoms with Crippen molar-refractivity contribution in [2.75, 3.05) is 13.1 Å². The highest BCUT2D eigenvalue weighted by atomic mass is 32.2. The van der Waals surface area contributed by atoms with E-state index in [0.717, 1.165) is 28.6 Å². The maximum atomic E-state index is 13.0. The van der Waals surface area contributed by atoms with E-state index in [2.05, 4.69) is 0 Å². The van der Waals surface area contributed by atoms with E-state index >= 15 is 0 Å². The second-order valence-electron chi connectivity index (χ2n) is 6.36. The number of nitro groups is 1. The number of nitro benzene ring substituents is 1. The Bertz CT molecular complexity index is 718. The molecule has 0 heterocycles. The van der Waals surface area contributed by atoms with Crippen LogP contribution in [0.1, 0.15) is 33.1 Å². The Morgan fingerprint density at radius 2 is 1.85 bits per heavy atom. The molecule has 0 amide bonds. The van der Waals surface area contributed by atoms with Gasteiger partial charge in [0.05, 0.1) is 9.82 Å². The number of hydrogen-bond donors (Lipinski definition) is 2. The van der Waals surface area contributed by atoms with E-state index in [4.69, 9.17) is 5.73 Å². The number of carbonyl (C=O) groups is 1. The van der Waals surface area contributed by atoms with Crippen LogP contribution < -0.4 is 5.73 Å². The fourth-order valence-electron chi connectivity index (χ4n) is 2.50. The number of unbranched alkanes of at least 4 members (excludes halogenated alkanes) is 1. The molecule has 1 aromatic rings. The van der Waals surface area contributed by atoms with Crippen LogP contribution in [-0.2, 0) is 14.8 Å². The van der Waals surface area contributed by atoms with Gasteiger partial charge in [-0.3, -0.25) is 14.9 Å². The van der Waals surface area contributed by atoms with Gasteiger partial charge in [0.1, 0.15) is 6.04 Å². The first-order valence-corrected chi connectivity index (χ1v) is 9.74. The zero-order valence-electron chi connectivity index (χ0n) is 14.9. The molecule has 10 heteroatoms. The van der Waals surface area contributed by atoms with E-state index in [1.807, 2.05) is 0 Å². The van der Waals surface area contributed by atoms with E-state index < -0.39 is 27.0 Å². The molecule has 0 bridgehead atoms. The van der Waals surface area contributed by atoms with Crippen molar-refractivity contribution in [3.05, 3.63) is 34.4 Å². The summed E-state index contributed by atoms with van der Waals surface area (Å²) in [5.74, 6) is -1.33. The van der Waals surface area contributed by atoms with E-state index in [9.17, 15) is 28.4 Å². The molecule has 0 spiro atoms. The molecule has 9 nitrogen and oxygen atoms in total. The number of benzene rings is 1. The Balaban J connectivity index is 3.26. The Morgan fingerprint density at radius 3 is 2.27 bits per heavy atom. The van der Waals surface area contributed by atoms with Crippen LogP contribution in [0.25, 0.3) is 0 Å². The first kappa shape index (κ1) is 22.0. The van der Waals surface area contributed by atoms with E-state index in [-0.39, 0.29) is 29.5 Å². The lowest BCUT2D eigenvalue weighted by Gasteiger charge is -2.29. The summed E-state index contributed by atoms with van der Waals surface area (Å²) in [6.07, 6.45) is 1.22. The van der Waals surface area contributed by atoms with Crippen LogP contribution >= 0.6 is 0 Å². The minimum Gasteiger partial charge on any atom is -0.480 e. The number of nitrogens with zero attached hydrogens (tertiary/aromatic N) is 2. The van der Waals surface area contributed by atoms with Gasteiger partial charge in [-0.1, -0.05) is 13.8 Å². The van der Waals surface area contributed by atoms with Crippen molar-refractivity contribution in [2.45, 2.75) is 44.0 Å². The number of rotatable bonds is 11. The molecule has 1 rings (SSSR count). The summed E-state index contributed by atoms with van der Waals surface area (Å²) in [6, 6.07) is 3.21. The van der Waals surface area contributed by atoms with Crippen molar-refractivity contribution in [3.63, 3.8) is 0 Å². The van der Waals surface area contributed by atoms with Crippen LogP contribution in [0.15, 0.2) is 29.2 Å². The quantitative estimate of drug-likeness (QED) is 0.335. The largest absolute Gasteiger partial charge is 0.480 e. The van der Waals surface area contributed by atoms with Crippen molar-refractivity contribution in [2.24, 2.45) is 11.7 Å².